The first kappa shape index (κ1) is 16.9. The molecule has 4 nitrogen and oxygen atoms in total. The van der Waals surface area contributed by atoms with Gasteiger partial charge in [-0.15, -0.1) is 11.8 Å². The first-order chi connectivity index (χ1) is 12.7. The van der Waals surface area contributed by atoms with E-state index in [1.165, 1.54) is 11.1 Å². The molecule has 0 aliphatic carbocycles. The Balaban J connectivity index is 1.69. The van der Waals surface area contributed by atoms with E-state index in [4.69, 9.17) is 0 Å². The van der Waals surface area contributed by atoms with Gasteiger partial charge in [-0.3, -0.25) is 9.48 Å². The number of thioether (sulfide) groups is 1. The SMILES string of the molecule is CSc1cccc(C(=O)N2Cc3ccccc3[C@H](c3cnn(C)c3)C2)c1. The molecule has 1 amide bonds. The summed E-state index contributed by atoms with van der Waals surface area (Å²) < 4.78 is 1.82. The Morgan fingerprint density at radius 3 is 2.81 bits per heavy atom. The fraction of sp³-hybridized carbons (Fsp3) is 0.238. The number of hydrogen-bond donors (Lipinski definition) is 0. The van der Waals surface area contributed by atoms with Crippen LogP contribution in [0.3, 0.4) is 0 Å². The Morgan fingerprint density at radius 2 is 2.04 bits per heavy atom. The highest BCUT2D eigenvalue weighted by molar-refractivity contribution is 7.98. The van der Waals surface area contributed by atoms with Crippen LogP contribution in [0.1, 0.15) is 33.0 Å². The van der Waals surface area contributed by atoms with Crippen LogP contribution < -0.4 is 0 Å². The molecule has 4 rings (SSSR count). The zero-order valence-electron chi connectivity index (χ0n) is 14.9. The lowest BCUT2D eigenvalue weighted by molar-refractivity contribution is 0.0724. The number of nitrogens with zero attached hydrogens (tertiary/aromatic N) is 3. The van der Waals surface area contributed by atoms with E-state index in [1.54, 1.807) is 11.8 Å². The Hall–Kier alpha value is -2.53. The average Bonchev–Trinajstić information content (AvgIpc) is 3.12. The largest absolute Gasteiger partial charge is 0.333 e. The second-order valence-corrected chi connectivity index (χ2v) is 7.50. The number of aromatic nitrogens is 2. The van der Waals surface area contributed by atoms with Crippen molar-refractivity contribution in [1.82, 2.24) is 14.7 Å². The van der Waals surface area contributed by atoms with Gasteiger partial charge in [0.2, 0.25) is 0 Å². The van der Waals surface area contributed by atoms with Gasteiger partial charge in [0.25, 0.3) is 5.91 Å². The maximum Gasteiger partial charge on any atom is 0.254 e. The van der Waals surface area contributed by atoms with Crippen molar-refractivity contribution in [3.8, 4) is 0 Å². The summed E-state index contributed by atoms with van der Waals surface area (Å²) >= 11 is 1.65. The van der Waals surface area contributed by atoms with Gasteiger partial charge >= 0.3 is 0 Å². The van der Waals surface area contributed by atoms with Crippen LogP contribution in [0.5, 0.6) is 0 Å². The minimum atomic E-state index is 0.0873. The van der Waals surface area contributed by atoms with Gasteiger partial charge < -0.3 is 4.90 Å². The van der Waals surface area contributed by atoms with Crippen LogP contribution >= 0.6 is 11.8 Å². The van der Waals surface area contributed by atoms with Gasteiger partial charge in [-0.25, -0.2) is 0 Å². The smallest absolute Gasteiger partial charge is 0.254 e. The maximum atomic E-state index is 13.2. The van der Waals surface area contributed by atoms with Crippen LogP contribution in [0.15, 0.2) is 65.8 Å². The molecule has 1 aliphatic heterocycles. The van der Waals surface area contributed by atoms with Crippen molar-refractivity contribution in [1.29, 1.82) is 0 Å². The van der Waals surface area contributed by atoms with E-state index < -0.39 is 0 Å². The highest BCUT2D eigenvalue weighted by Crippen LogP contribution is 2.34. The van der Waals surface area contributed by atoms with Crippen LogP contribution in [-0.4, -0.2) is 33.4 Å². The molecule has 0 saturated heterocycles. The summed E-state index contributed by atoms with van der Waals surface area (Å²) in [4.78, 5) is 16.2. The number of rotatable bonds is 3. The lowest BCUT2D eigenvalue weighted by Crippen LogP contribution is -2.38. The predicted octanol–water partition coefficient (Wildman–Crippen LogP) is 3.93. The van der Waals surface area contributed by atoms with E-state index in [9.17, 15) is 4.79 Å². The van der Waals surface area contributed by atoms with Gasteiger partial charge in [0.1, 0.15) is 0 Å². The van der Waals surface area contributed by atoms with Gasteiger partial charge in [0.15, 0.2) is 0 Å². The van der Waals surface area contributed by atoms with Gasteiger partial charge in [-0.05, 0) is 41.1 Å². The average molecular weight is 363 g/mol. The topological polar surface area (TPSA) is 38.1 Å². The molecule has 0 saturated carbocycles. The van der Waals surface area contributed by atoms with Gasteiger partial charge in [0.05, 0.1) is 6.20 Å². The Morgan fingerprint density at radius 1 is 1.19 bits per heavy atom. The predicted molar refractivity (Wildman–Crippen MR) is 104 cm³/mol. The van der Waals surface area contributed by atoms with Crippen molar-refractivity contribution in [2.75, 3.05) is 12.8 Å². The fourth-order valence-corrected chi connectivity index (χ4v) is 4.06. The van der Waals surface area contributed by atoms with Crippen molar-refractivity contribution < 1.29 is 4.79 Å². The molecule has 132 valence electrons. The number of benzene rings is 2. The molecule has 0 bridgehead atoms. The monoisotopic (exact) mass is 363 g/mol. The number of amides is 1. The minimum absolute atomic E-state index is 0.0873. The molecular formula is C21H21N3OS. The van der Waals surface area contributed by atoms with Crippen molar-refractivity contribution in [3.63, 3.8) is 0 Å². The van der Waals surface area contributed by atoms with E-state index in [0.717, 1.165) is 16.0 Å². The summed E-state index contributed by atoms with van der Waals surface area (Å²) in [5.74, 6) is 0.241. The first-order valence-corrected chi connectivity index (χ1v) is 9.88. The van der Waals surface area contributed by atoms with Crippen molar-refractivity contribution in [3.05, 3.63) is 83.2 Å². The molecule has 0 N–H and O–H groups in total. The molecule has 0 spiro atoms. The molecule has 1 atom stereocenters. The normalized spacial score (nSPS) is 16.4. The lowest BCUT2D eigenvalue weighted by Gasteiger charge is -2.34. The Kier molecular flexibility index (Phi) is 4.55. The summed E-state index contributed by atoms with van der Waals surface area (Å²) in [5, 5.41) is 4.33. The van der Waals surface area contributed by atoms with Crippen LogP contribution in [0, 0.1) is 0 Å². The zero-order chi connectivity index (χ0) is 18.1. The van der Waals surface area contributed by atoms with E-state index in [-0.39, 0.29) is 11.8 Å². The van der Waals surface area contributed by atoms with Crippen LogP contribution in [0.4, 0.5) is 0 Å². The minimum Gasteiger partial charge on any atom is -0.333 e. The van der Waals surface area contributed by atoms with Crippen molar-refractivity contribution in [2.45, 2.75) is 17.4 Å². The number of carbonyl (C=O) groups excluding carboxylic acids is 1. The summed E-state index contributed by atoms with van der Waals surface area (Å²) in [5.41, 5.74) is 4.40. The number of carbonyl (C=O) groups is 1. The molecule has 1 aliphatic rings. The summed E-state index contributed by atoms with van der Waals surface area (Å²) in [6, 6.07) is 16.3. The lowest BCUT2D eigenvalue weighted by atomic mass is 9.86. The zero-order valence-corrected chi connectivity index (χ0v) is 15.7. The quantitative estimate of drug-likeness (QED) is 0.662. The maximum absolute atomic E-state index is 13.2. The molecule has 0 fully saturated rings. The highest BCUT2D eigenvalue weighted by Gasteiger charge is 2.30. The van der Waals surface area contributed by atoms with Crippen molar-refractivity contribution >= 4 is 17.7 Å². The van der Waals surface area contributed by atoms with Gasteiger partial charge in [-0.2, -0.15) is 5.10 Å². The second-order valence-electron chi connectivity index (χ2n) is 6.62. The van der Waals surface area contributed by atoms with E-state index in [1.807, 2.05) is 65.6 Å². The van der Waals surface area contributed by atoms with Crippen LogP contribution in [0.25, 0.3) is 0 Å². The summed E-state index contributed by atoms with van der Waals surface area (Å²) in [7, 11) is 1.93. The molecule has 26 heavy (non-hydrogen) atoms. The van der Waals surface area contributed by atoms with E-state index in [0.29, 0.717) is 13.1 Å². The van der Waals surface area contributed by atoms with Crippen molar-refractivity contribution in [2.24, 2.45) is 7.05 Å². The third-order valence-corrected chi connectivity index (χ3v) is 5.65. The highest BCUT2D eigenvalue weighted by atomic mass is 32.2. The fourth-order valence-electron chi connectivity index (χ4n) is 3.61. The first-order valence-electron chi connectivity index (χ1n) is 8.65. The molecule has 3 aromatic rings. The standard InChI is InChI=1S/C21H21N3OS/c1-23-12-17(11-22-23)20-14-24(13-16-6-3-4-9-19(16)20)21(25)15-7-5-8-18(10-15)26-2/h3-12,20H,13-14H2,1-2H3/t20-/m0/s1. The van der Waals surface area contributed by atoms with Crippen LogP contribution in [0.2, 0.25) is 0 Å². The van der Waals surface area contributed by atoms with E-state index in [2.05, 4.69) is 23.3 Å². The third-order valence-electron chi connectivity index (χ3n) is 4.93. The molecular weight excluding hydrogens is 342 g/mol. The Labute approximate surface area is 157 Å². The molecule has 0 unspecified atom stereocenters. The molecule has 5 heteroatoms. The Bertz CT molecular complexity index is 950. The number of hydrogen-bond acceptors (Lipinski definition) is 3. The van der Waals surface area contributed by atoms with Gasteiger partial charge in [-0.1, -0.05) is 30.3 Å². The molecule has 2 aromatic carbocycles. The van der Waals surface area contributed by atoms with Crippen LogP contribution in [-0.2, 0) is 13.6 Å². The second kappa shape index (κ2) is 7.00. The summed E-state index contributed by atoms with van der Waals surface area (Å²) in [6.45, 7) is 1.32. The van der Waals surface area contributed by atoms with Gasteiger partial charge in [0, 0.05) is 42.7 Å². The number of fused-ring (bicyclic) bond motifs is 1. The molecule has 2 heterocycles. The van der Waals surface area contributed by atoms with E-state index >= 15 is 0 Å². The molecule has 1 aromatic heterocycles. The number of aryl methyl sites for hydroxylation is 1. The summed E-state index contributed by atoms with van der Waals surface area (Å²) in [6.07, 6.45) is 5.98. The molecule has 0 radical (unpaired) electrons. The third kappa shape index (κ3) is 3.15.